The quantitative estimate of drug-likeness (QED) is 0.300. The molecule has 2 heterocycles. The van der Waals surface area contributed by atoms with Crippen LogP contribution in [0.1, 0.15) is 32.3 Å². The van der Waals surface area contributed by atoms with Gasteiger partial charge in [0.15, 0.2) is 5.96 Å². The van der Waals surface area contributed by atoms with Crippen LogP contribution in [-0.2, 0) is 16.0 Å². The van der Waals surface area contributed by atoms with Crippen molar-refractivity contribution < 1.29 is 14.3 Å². The van der Waals surface area contributed by atoms with E-state index in [0.29, 0.717) is 13.2 Å². The molecule has 0 radical (unpaired) electrons. The number of aliphatic imine (C=N–C) groups is 1. The number of guanidine groups is 1. The first kappa shape index (κ1) is 21.8. The number of hydrogen-bond donors (Lipinski definition) is 1. The summed E-state index contributed by atoms with van der Waals surface area (Å²) in [5.74, 6) is 1.84. The maximum atomic E-state index is 11.9. The van der Waals surface area contributed by atoms with Crippen molar-refractivity contribution in [1.29, 1.82) is 0 Å². The predicted octanol–water partition coefficient (Wildman–Crippen LogP) is 2.85. The lowest BCUT2D eigenvalue weighted by molar-refractivity contribution is -0.149. The number of likely N-dealkylation sites (tertiary alicyclic amines) is 1. The van der Waals surface area contributed by atoms with Crippen molar-refractivity contribution in [2.75, 3.05) is 32.8 Å². The van der Waals surface area contributed by atoms with Crippen LogP contribution in [-0.4, -0.2) is 55.7 Å². The second-order valence-electron chi connectivity index (χ2n) is 6.76. The zero-order valence-corrected chi connectivity index (χ0v) is 18.5. The van der Waals surface area contributed by atoms with E-state index in [4.69, 9.17) is 14.5 Å². The summed E-state index contributed by atoms with van der Waals surface area (Å²) in [6.45, 7) is 7.47. The van der Waals surface area contributed by atoms with Crippen molar-refractivity contribution in [3.8, 4) is 5.75 Å². The van der Waals surface area contributed by atoms with E-state index in [2.05, 4.69) is 23.2 Å². The number of nitrogens with one attached hydrogen (secondary N) is 1. The fourth-order valence-corrected chi connectivity index (χ4v) is 3.56. The maximum Gasteiger partial charge on any atom is 0.309 e. The summed E-state index contributed by atoms with van der Waals surface area (Å²) in [7, 11) is 0. The Morgan fingerprint density at radius 3 is 2.70 bits per heavy atom. The summed E-state index contributed by atoms with van der Waals surface area (Å²) < 4.78 is 11.1. The molecule has 7 heteroatoms. The van der Waals surface area contributed by atoms with Gasteiger partial charge in [-0.15, -0.1) is 24.0 Å². The molecule has 3 rings (SSSR count). The van der Waals surface area contributed by atoms with Crippen LogP contribution in [0.25, 0.3) is 0 Å². The van der Waals surface area contributed by atoms with Gasteiger partial charge in [-0.1, -0.05) is 18.2 Å². The van der Waals surface area contributed by atoms with Crippen LogP contribution in [0.15, 0.2) is 29.3 Å². The van der Waals surface area contributed by atoms with E-state index in [1.807, 2.05) is 25.1 Å². The lowest BCUT2D eigenvalue weighted by atomic mass is 9.97. The Balaban J connectivity index is 0.00000261. The predicted molar refractivity (Wildman–Crippen MR) is 117 cm³/mol. The van der Waals surface area contributed by atoms with Crippen molar-refractivity contribution >= 4 is 35.9 Å². The fraction of sp³-hybridized carbons (Fsp3) is 0.600. The number of nitrogens with zero attached hydrogens (tertiary/aromatic N) is 2. The average Bonchev–Trinajstić information content (AvgIpc) is 3.08. The van der Waals surface area contributed by atoms with E-state index >= 15 is 0 Å². The van der Waals surface area contributed by atoms with E-state index < -0.39 is 0 Å². The molecule has 27 heavy (non-hydrogen) atoms. The third kappa shape index (κ3) is 5.73. The molecule has 1 unspecified atom stereocenters. The molecule has 150 valence electrons. The standard InChI is InChI=1S/C20H29N3O3.HI/c1-3-21-20(23-11-9-15(10-12-23)19(24)25-4-2)22-14-17-13-16-7-5-6-8-18(16)26-17;/h5-8,15,17H,3-4,9-14H2,1-2H3,(H,21,22);1H. The van der Waals surface area contributed by atoms with Gasteiger partial charge < -0.3 is 19.7 Å². The van der Waals surface area contributed by atoms with Crippen molar-refractivity contribution in [3.05, 3.63) is 29.8 Å². The van der Waals surface area contributed by atoms with Gasteiger partial charge in [0.25, 0.3) is 0 Å². The van der Waals surface area contributed by atoms with Crippen molar-refractivity contribution in [1.82, 2.24) is 10.2 Å². The Morgan fingerprint density at radius 1 is 1.30 bits per heavy atom. The highest BCUT2D eigenvalue weighted by Gasteiger charge is 2.28. The largest absolute Gasteiger partial charge is 0.488 e. The first-order valence-electron chi connectivity index (χ1n) is 9.65. The molecule has 1 aromatic rings. The Bertz CT molecular complexity index is 620. The molecule has 1 aromatic carbocycles. The molecule has 1 N–H and O–H groups in total. The van der Waals surface area contributed by atoms with E-state index in [-0.39, 0.29) is 42.0 Å². The van der Waals surface area contributed by atoms with E-state index in [1.165, 1.54) is 5.56 Å². The van der Waals surface area contributed by atoms with Gasteiger partial charge in [0.1, 0.15) is 11.9 Å². The smallest absolute Gasteiger partial charge is 0.309 e. The topological polar surface area (TPSA) is 63.2 Å². The number of halogens is 1. The number of fused-ring (bicyclic) bond motifs is 1. The highest BCUT2D eigenvalue weighted by molar-refractivity contribution is 14.0. The number of esters is 1. The minimum atomic E-state index is -0.0637. The molecule has 1 fully saturated rings. The lowest BCUT2D eigenvalue weighted by Crippen LogP contribution is -2.47. The molecule has 0 aliphatic carbocycles. The maximum absolute atomic E-state index is 11.9. The van der Waals surface area contributed by atoms with Crippen LogP contribution in [0.5, 0.6) is 5.75 Å². The Hall–Kier alpha value is -1.51. The second kappa shape index (κ2) is 10.7. The molecule has 1 saturated heterocycles. The van der Waals surface area contributed by atoms with Crippen LogP contribution >= 0.6 is 24.0 Å². The Kier molecular flexibility index (Phi) is 8.66. The van der Waals surface area contributed by atoms with E-state index in [1.54, 1.807) is 0 Å². The van der Waals surface area contributed by atoms with Crippen molar-refractivity contribution in [2.24, 2.45) is 10.9 Å². The van der Waals surface area contributed by atoms with Gasteiger partial charge in [-0.05, 0) is 38.3 Å². The summed E-state index contributed by atoms with van der Waals surface area (Å²) in [4.78, 5) is 18.9. The Morgan fingerprint density at radius 2 is 2.04 bits per heavy atom. The monoisotopic (exact) mass is 487 g/mol. The zero-order chi connectivity index (χ0) is 18.4. The van der Waals surface area contributed by atoms with Gasteiger partial charge in [0.05, 0.1) is 19.1 Å². The van der Waals surface area contributed by atoms with Gasteiger partial charge in [0.2, 0.25) is 0 Å². The highest BCUT2D eigenvalue weighted by atomic mass is 127. The third-order valence-corrected chi connectivity index (χ3v) is 4.91. The Labute approximate surface area is 178 Å². The number of carbonyl (C=O) groups excluding carboxylic acids is 1. The van der Waals surface area contributed by atoms with Crippen LogP contribution in [0, 0.1) is 5.92 Å². The van der Waals surface area contributed by atoms with Gasteiger partial charge >= 0.3 is 5.97 Å². The number of hydrogen-bond acceptors (Lipinski definition) is 4. The number of carbonyl (C=O) groups is 1. The summed E-state index contributed by atoms with van der Waals surface area (Å²) in [5, 5.41) is 3.37. The van der Waals surface area contributed by atoms with Crippen LogP contribution < -0.4 is 10.1 Å². The number of rotatable bonds is 5. The van der Waals surface area contributed by atoms with Crippen molar-refractivity contribution in [2.45, 2.75) is 39.2 Å². The van der Waals surface area contributed by atoms with Gasteiger partial charge in [-0.2, -0.15) is 0 Å². The number of piperidine rings is 1. The third-order valence-electron chi connectivity index (χ3n) is 4.91. The number of benzene rings is 1. The van der Waals surface area contributed by atoms with Crippen molar-refractivity contribution in [3.63, 3.8) is 0 Å². The summed E-state index contributed by atoms with van der Waals surface area (Å²) in [6, 6.07) is 8.18. The summed E-state index contributed by atoms with van der Waals surface area (Å²) >= 11 is 0. The molecule has 0 amide bonds. The number of para-hydroxylation sites is 1. The normalized spacial score (nSPS) is 19.7. The molecule has 0 bridgehead atoms. The first-order chi connectivity index (χ1) is 12.7. The average molecular weight is 487 g/mol. The minimum absolute atomic E-state index is 0. The summed E-state index contributed by atoms with van der Waals surface area (Å²) in [5.41, 5.74) is 1.26. The lowest BCUT2D eigenvalue weighted by Gasteiger charge is -2.33. The van der Waals surface area contributed by atoms with E-state index in [9.17, 15) is 4.79 Å². The number of ether oxygens (including phenoxy) is 2. The molecule has 0 aromatic heterocycles. The minimum Gasteiger partial charge on any atom is -0.488 e. The van der Waals surface area contributed by atoms with Gasteiger partial charge in [0, 0.05) is 26.1 Å². The van der Waals surface area contributed by atoms with Crippen LogP contribution in [0.4, 0.5) is 0 Å². The van der Waals surface area contributed by atoms with Gasteiger partial charge in [-0.25, -0.2) is 4.99 Å². The molecule has 6 nitrogen and oxygen atoms in total. The molecular weight excluding hydrogens is 457 g/mol. The second-order valence-corrected chi connectivity index (χ2v) is 6.76. The SMILES string of the molecule is CCNC(=NCC1Cc2ccccc2O1)N1CCC(C(=O)OCC)CC1.I. The molecular formula is C20H30IN3O3. The summed E-state index contributed by atoms with van der Waals surface area (Å²) in [6.07, 6.45) is 2.63. The molecule has 0 spiro atoms. The zero-order valence-electron chi connectivity index (χ0n) is 16.1. The molecule has 2 aliphatic rings. The van der Waals surface area contributed by atoms with E-state index in [0.717, 1.165) is 50.6 Å². The highest BCUT2D eigenvalue weighted by Crippen LogP contribution is 2.28. The molecule has 2 aliphatic heterocycles. The van der Waals surface area contributed by atoms with Crippen LogP contribution in [0.2, 0.25) is 0 Å². The molecule has 1 atom stereocenters. The van der Waals surface area contributed by atoms with Gasteiger partial charge in [-0.3, -0.25) is 4.79 Å². The molecule has 0 saturated carbocycles. The first-order valence-corrected chi connectivity index (χ1v) is 9.65. The fourth-order valence-electron chi connectivity index (χ4n) is 3.56. The van der Waals surface area contributed by atoms with Crippen LogP contribution in [0.3, 0.4) is 0 Å².